The fourth-order valence-corrected chi connectivity index (χ4v) is 6.82. The number of amides is 1. The largest absolute Gasteiger partial charge is 0.457 e. The van der Waals surface area contributed by atoms with E-state index in [1.807, 2.05) is 24.3 Å². The second-order valence-electron chi connectivity index (χ2n) is 9.80. The standard InChI is InChI=1S/C27H30N2O5S/c30-26(28-23-2-1-17-35(32,33)18-23)21-5-9-25(10-6-21)34-24-7-3-20(4-8-24)11-14-27(31)19-29-15-12-22(27)13-16-29/h3-10,22-23,31H,1-2,12-13,15-19H2,(H,28,30)/t23-,27-/m0/s1. The summed E-state index contributed by atoms with van der Waals surface area (Å²) in [7, 11) is -3.08. The van der Waals surface area contributed by atoms with Gasteiger partial charge in [0.1, 0.15) is 17.1 Å². The SMILES string of the molecule is O=C(N[C@H]1CCCS(=O)(=O)C1)c1ccc(Oc2ccc(C#C[C@]3(O)CN4CCC3CC4)cc2)cc1. The maximum Gasteiger partial charge on any atom is 0.251 e. The summed E-state index contributed by atoms with van der Waals surface area (Å²) in [4.78, 5) is 14.8. The van der Waals surface area contributed by atoms with Crippen LogP contribution in [-0.4, -0.2) is 67.1 Å². The number of hydrogen-bond donors (Lipinski definition) is 2. The van der Waals surface area contributed by atoms with Crippen LogP contribution in [0.15, 0.2) is 48.5 Å². The summed E-state index contributed by atoms with van der Waals surface area (Å²) in [6, 6.07) is 13.8. The quantitative estimate of drug-likeness (QED) is 0.635. The molecule has 0 radical (unpaired) electrons. The predicted octanol–water partition coefficient (Wildman–Crippen LogP) is 2.59. The summed E-state index contributed by atoms with van der Waals surface area (Å²) in [6.07, 6.45) is 3.25. The summed E-state index contributed by atoms with van der Waals surface area (Å²) < 4.78 is 29.4. The van der Waals surface area contributed by atoms with Crippen molar-refractivity contribution in [1.29, 1.82) is 0 Å². The Balaban J connectivity index is 1.17. The minimum atomic E-state index is -3.08. The Bertz CT molecular complexity index is 1240. The molecular formula is C27H30N2O5S. The van der Waals surface area contributed by atoms with E-state index in [1.165, 1.54) is 0 Å². The van der Waals surface area contributed by atoms with Gasteiger partial charge in [0.05, 0.1) is 11.5 Å². The van der Waals surface area contributed by atoms with Crippen LogP contribution in [0.1, 0.15) is 41.6 Å². The molecule has 2 N–H and O–H groups in total. The van der Waals surface area contributed by atoms with Crippen LogP contribution in [0.5, 0.6) is 11.5 Å². The van der Waals surface area contributed by atoms with Crippen LogP contribution < -0.4 is 10.1 Å². The normalized spacial score (nSPS) is 29.0. The lowest BCUT2D eigenvalue weighted by atomic mass is 9.76. The van der Waals surface area contributed by atoms with Crippen molar-refractivity contribution in [1.82, 2.24) is 10.2 Å². The minimum Gasteiger partial charge on any atom is -0.457 e. The van der Waals surface area contributed by atoms with Gasteiger partial charge in [-0.3, -0.25) is 9.69 Å². The van der Waals surface area contributed by atoms with E-state index in [4.69, 9.17) is 4.74 Å². The van der Waals surface area contributed by atoms with Crippen molar-refractivity contribution in [2.24, 2.45) is 5.92 Å². The summed E-state index contributed by atoms with van der Waals surface area (Å²) in [5.74, 6) is 7.63. The van der Waals surface area contributed by atoms with E-state index in [1.54, 1.807) is 24.3 Å². The monoisotopic (exact) mass is 494 g/mol. The van der Waals surface area contributed by atoms with E-state index >= 15 is 0 Å². The van der Waals surface area contributed by atoms with Gasteiger partial charge >= 0.3 is 0 Å². The van der Waals surface area contributed by atoms with Crippen LogP contribution in [0.3, 0.4) is 0 Å². The van der Waals surface area contributed by atoms with Gasteiger partial charge in [-0.25, -0.2) is 8.42 Å². The Labute approximate surface area is 206 Å². The smallest absolute Gasteiger partial charge is 0.251 e. The second kappa shape index (κ2) is 9.65. The van der Waals surface area contributed by atoms with Crippen molar-refractivity contribution in [3.63, 3.8) is 0 Å². The molecule has 2 atom stereocenters. The van der Waals surface area contributed by atoms with E-state index in [2.05, 4.69) is 22.1 Å². The summed E-state index contributed by atoms with van der Waals surface area (Å²) in [6.45, 7) is 2.73. The molecule has 0 spiro atoms. The number of carbonyl (C=O) groups is 1. The number of benzene rings is 2. The number of carbonyl (C=O) groups excluding carboxylic acids is 1. The van der Waals surface area contributed by atoms with Crippen LogP contribution in [-0.2, 0) is 9.84 Å². The molecular weight excluding hydrogens is 464 g/mol. The minimum absolute atomic E-state index is 0.00137. The van der Waals surface area contributed by atoms with Crippen LogP contribution in [0.4, 0.5) is 0 Å². The number of sulfone groups is 1. The molecule has 184 valence electrons. The third-order valence-electron chi connectivity index (χ3n) is 7.16. The highest BCUT2D eigenvalue weighted by atomic mass is 32.2. The first-order chi connectivity index (χ1) is 16.8. The number of hydrogen-bond acceptors (Lipinski definition) is 6. The molecule has 4 heterocycles. The molecule has 0 saturated carbocycles. The van der Waals surface area contributed by atoms with Gasteiger partial charge in [-0.2, -0.15) is 0 Å². The molecule has 2 aromatic carbocycles. The molecule has 4 saturated heterocycles. The Hall–Kier alpha value is -2.86. The van der Waals surface area contributed by atoms with E-state index < -0.39 is 15.4 Å². The Morgan fingerprint density at radius 3 is 2.29 bits per heavy atom. The molecule has 2 bridgehead atoms. The molecule has 1 amide bonds. The zero-order valence-electron chi connectivity index (χ0n) is 19.6. The average molecular weight is 495 g/mol. The second-order valence-corrected chi connectivity index (χ2v) is 12.0. The third kappa shape index (κ3) is 5.69. The molecule has 6 rings (SSSR count). The zero-order valence-corrected chi connectivity index (χ0v) is 20.4. The molecule has 0 aromatic heterocycles. The Morgan fingerprint density at radius 1 is 1.03 bits per heavy atom. The van der Waals surface area contributed by atoms with E-state index in [9.17, 15) is 18.3 Å². The van der Waals surface area contributed by atoms with Crippen LogP contribution in [0, 0.1) is 17.8 Å². The van der Waals surface area contributed by atoms with Crippen molar-refractivity contribution in [3.8, 4) is 23.3 Å². The summed E-state index contributed by atoms with van der Waals surface area (Å²) >= 11 is 0. The van der Waals surface area contributed by atoms with Gasteiger partial charge in [0.2, 0.25) is 0 Å². The Morgan fingerprint density at radius 2 is 1.69 bits per heavy atom. The highest BCUT2D eigenvalue weighted by Crippen LogP contribution is 2.35. The number of nitrogens with one attached hydrogen (secondary N) is 1. The third-order valence-corrected chi connectivity index (χ3v) is 8.98. The molecule has 4 fully saturated rings. The average Bonchev–Trinajstić information content (AvgIpc) is 2.84. The van der Waals surface area contributed by atoms with E-state index in [-0.39, 0.29) is 29.4 Å². The fourth-order valence-electron chi connectivity index (χ4n) is 5.18. The Kier molecular flexibility index (Phi) is 6.58. The van der Waals surface area contributed by atoms with Gasteiger partial charge in [-0.1, -0.05) is 11.8 Å². The zero-order chi connectivity index (χ0) is 24.5. The summed E-state index contributed by atoms with van der Waals surface area (Å²) in [5.41, 5.74) is 0.348. The first-order valence-electron chi connectivity index (χ1n) is 12.2. The fraction of sp³-hybridized carbons (Fsp3) is 0.444. The van der Waals surface area contributed by atoms with Crippen LogP contribution >= 0.6 is 0 Å². The topological polar surface area (TPSA) is 95.9 Å². The number of aliphatic hydroxyl groups is 1. The maximum absolute atomic E-state index is 12.5. The van der Waals surface area contributed by atoms with Gasteiger partial charge in [0.25, 0.3) is 5.91 Å². The van der Waals surface area contributed by atoms with E-state index in [0.29, 0.717) is 36.4 Å². The molecule has 0 aliphatic carbocycles. The molecule has 35 heavy (non-hydrogen) atoms. The van der Waals surface area contributed by atoms with Gasteiger partial charge < -0.3 is 15.2 Å². The van der Waals surface area contributed by atoms with Crippen LogP contribution in [0.2, 0.25) is 0 Å². The highest BCUT2D eigenvalue weighted by Gasteiger charge is 2.44. The van der Waals surface area contributed by atoms with Crippen molar-refractivity contribution in [3.05, 3.63) is 59.7 Å². The van der Waals surface area contributed by atoms with Crippen molar-refractivity contribution in [2.75, 3.05) is 31.1 Å². The molecule has 7 nitrogen and oxygen atoms in total. The number of ether oxygens (including phenoxy) is 1. The number of fused-ring (bicyclic) bond motifs is 3. The number of rotatable bonds is 4. The van der Waals surface area contributed by atoms with Gasteiger partial charge in [-0.05, 0) is 87.3 Å². The lowest BCUT2D eigenvalue weighted by molar-refractivity contribution is -0.0713. The van der Waals surface area contributed by atoms with Gasteiger partial charge in [-0.15, -0.1) is 0 Å². The first-order valence-corrected chi connectivity index (χ1v) is 14.0. The number of nitrogens with zero attached hydrogens (tertiary/aromatic N) is 1. The lowest BCUT2D eigenvalue weighted by Gasteiger charge is -2.47. The van der Waals surface area contributed by atoms with Crippen LogP contribution in [0.25, 0.3) is 0 Å². The first kappa shape index (κ1) is 23.9. The summed E-state index contributed by atoms with van der Waals surface area (Å²) in [5, 5.41) is 13.8. The van der Waals surface area contributed by atoms with E-state index in [0.717, 1.165) is 31.5 Å². The predicted molar refractivity (Wildman–Crippen MR) is 133 cm³/mol. The molecule has 8 heteroatoms. The van der Waals surface area contributed by atoms with Crippen molar-refractivity contribution < 1.29 is 23.1 Å². The van der Waals surface area contributed by atoms with Crippen molar-refractivity contribution >= 4 is 15.7 Å². The highest BCUT2D eigenvalue weighted by molar-refractivity contribution is 7.91. The lowest BCUT2D eigenvalue weighted by Crippen LogP contribution is -2.58. The molecule has 2 aromatic rings. The maximum atomic E-state index is 12.5. The van der Waals surface area contributed by atoms with Gasteiger partial charge in [0.15, 0.2) is 9.84 Å². The molecule has 4 aliphatic heterocycles. The number of piperidine rings is 3. The molecule has 0 unspecified atom stereocenters. The molecule has 4 aliphatic rings. The van der Waals surface area contributed by atoms with Crippen molar-refractivity contribution in [2.45, 2.75) is 37.3 Å². The van der Waals surface area contributed by atoms with Gasteiger partial charge in [0, 0.05) is 29.6 Å².